The van der Waals surface area contributed by atoms with Crippen LogP contribution in [0, 0.1) is 9.37 Å². The van der Waals surface area contributed by atoms with Crippen molar-refractivity contribution in [3.63, 3.8) is 0 Å². The van der Waals surface area contributed by atoms with Crippen molar-refractivity contribution in [2.75, 3.05) is 0 Å². The van der Waals surface area contributed by atoms with E-state index in [2.05, 4.69) is 0 Å². The van der Waals surface area contributed by atoms with Crippen LogP contribution in [0.5, 0.6) is 0 Å². The van der Waals surface area contributed by atoms with Crippen molar-refractivity contribution < 1.29 is 4.79 Å². The fourth-order valence-electron chi connectivity index (χ4n) is 3.26. The Morgan fingerprint density at radius 2 is 1.86 bits per heavy atom. The van der Waals surface area contributed by atoms with E-state index in [0.29, 0.717) is 20.0 Å². The van der Waals surface area contributed by atoms with Crippen molar-refractivity contribution in [1.29, 1.82) is 0 Å². The smallest absolute Gasteiger partial charge is 0.261 e. The molecule has 0 spiro atoms. The van der Waals surface area contributed by atoms with Crippen molar-refractivity contribution in [3.05, 3.63) is 67.9 Å². The maximum absolute atomic E-state index is 13.4. The molecule has 0 fully saturated rings. The molecule has 0 bridgehead atoms. The second kappa shape index (κ2) is 7.20. The average Bonchev–Trinajstić information content (AvgIpc) is 3.01. The van der Waals surface area contributed by atoms with Gasteiger partial charge in [-0.05, 0) is 42.0 Å². The Morgan fingerprint density at radius 3 is 2.55 bits per heavy atom. The number of ketones is 1. The van der Waals surface area contributed by atoms with E-state index >= 15 is 0 Å². The van der Waals surface area contributed by atoms with Crippen LogP contribution in [-0.4, -0.2) is 14.8 Å². The van der Waals surface area contributed by atoms with Crippen LogP contribution in [0.25, 0.3) is 27.0 Å². The summed E-state index contributed by atoms with van der Waals surface area (Å²) in [6.45, 7) is 5.55. The molecule has 0 radical (unpaired) electrons. The normalized spacial score (nSPS) is 12.0. The van der Waals surface area contributed by atoms with E-state index in [4.69, 9.17) is 23.8 Å². The van der Waals surface area contributed by atoms with Crippen LogP contribution in [0.15, 0.2) is 53.3 Å². The SMILES string of the molecule is CC(C)(C)C(=O)Cn1c(=O)c2ccccc2n2c(=S)sc(-c3cccc(Cl)c3)c12. The van der Waals surface area contributed by atoms with Gasteiger partial charge in [0.2, 0.25) is 0 Å². The van der Waals surface area contributed by atoms with Crippen molar-refractivity contribution in [2.45, 2.75) is 27.3 Å². The Kier molecular flexibility index (Phi) is 4.97. The number of nitrogens with zero attached hydrogens (tertiary/aromatic N) is 2. The minimum atomic E-state index is -0.564. The molecule has 0 unspecified atom stereocenters. The number of aromatic nitrogens is 2. The van der Waals surface area contributed by atoms with Gasteiger partial charge in [0.05, 0.1) is 22.3 Å². The third kappa shape index (κ3) is 3.45. The lowest BCUT2D eigenvalue weighted by Crippen LogP contribution is -2.32. The van der Waals surface area contributed by atoms with Gasteiger partial charge in [-0.1, -0.05) is 56.6 Å². The summed E-state index contributed by atoms with van der Waals surface area (Å²) in [6.07, 6.45) is 0. The van der Waals surface area contributed by atoms with Crippen LogP contribution < -0.4 is 5.56 Å². The molecule has 2 heterocycles. The van der Waals surface area contributed by atoms with Gasteiger partial charge in [0.1, 0.15) is 5.65 Å². The Hall–Kier alpha value is -2.28. The third-order valence-electron chi connectivity index (χ3n) is 4.89. The van der Waals surface area contributed by atoms with Crippen molar-refractivity contribution >= 4 is 57.5 Å². The number of para-hydroxylation sites is 1. The number of hydrogen-bond donors (Lipinski definition) is 0. The summed E-state index contributed by atoms with van der Waals surface area (Å²) >= 11 is 13.3. The zero-order valence-corrected chi connectivity index (χ0v) is 18.6. The van der Waals surface area contributed by atoms with Crippen LogP contribution >= 0.6 is 35.2 Å². The van der Waals surface area contributed by atoms with Gasteiger partial charge in [0.25, 0.3) is 5.56 Å². The Bertz CT molecular complexity index is 1390. The second-order valence-electron chi connectivity index (χ2n) is 7.95. The number of benzene rings is 2. The number of thiazole rings is 1. The lowest BCUT2D eigenvalue weighted by Gasteiger charge is -2.19. The van der Waals surface area contributed by atoms with Gasteiger partial charge < -0.3 is 0 Å². The number of halogens is 1. The van der Waals surface area contributed by atoms with E-state index in [1.165, 1.54) is 11.3 Å². The molecule has 0 saturated carbocycles. The van der Waals surface area contributed by atoms with Gasteiger partial charge in [0, 0.05) is 10.4 Å². The Balaban J connectivity index is 2.16. The molecule has 0 saturated heterocycles. The predicted octanol–water partition coefficient (Wildman–Crippen LogP) is 5.98. The summed E-state index contributed by atoms with van der Waals surface area (Å²) in [7, 11) is 0. The van der Waals surface area contributed by atoms with Gasteiger partial charge >= 0.3 is 0 Å². The fourth-order valence-corrected chi connectivity index (χ4v) is 4.87. The molecule has 29 heavy (non-hydrogen) atoms. The molecule has 4 aromatic rings. The first-order chi connectivity index (χ1) is 13.7. The maximum atomic E-state index is 13.4. The van der Waals surface area contributed by atoms with E-state index in [0.717, 1.165) is 16.0 Å². The lowest BCUT2D eigenvalue weighted by atomic mass is 9.91. The Labute approximate surface area is 182 Å². The topological polar surface area (TPSA) is 43.5 Å². The molecule has 4 rings (SSSR count). The molecule has 0 atom stereocenters. The standard InChI is InChI=1S/C22H19ClN2O2S2/c1-22(2,3)17(26)12-24-19-18(13-7-6-8-14(23)11-13)29-21(28)25(19)16-10-5-4-9-15(16)20(24)27/h4-11H,12H2,1-3H3. The fraction of sp³-hybridized carbons (Fsp3) is 0.227. The summed E-state index contributed by atoms with van der Waals surface area (Å²) in [5.74, 6) is -0.0223. The average molecular weight is 443 g/mol. The van der Waals surface area contributed by atoms with Crippen molar-refractivity contribution in [2.24, 2.45) is 5.41 Å². The summed E-state index contributed by atoms with van der Waals surface area (Å²) in [5, 5.41) is 1.13. The first-order valence-electron chi connectivity index (χ1n) is 9.15. The number of rotatable bonds is 3. The molecule has 0 amide bonds. The van der Waals surface area contributed by atoms with Crippen LogP contribution in [0.4, 0.5) is 0 Å². The maximum Gasteiger partial charge on any atom is 0.261 e. The summed E-state index contributed by atoms with van der Waals surface area (Å²) in [5.41, 5.74) is 1.47. The number of fused-ring (bicyclic) bond motifs is 3. The van der Waals surface area contributed by atoms with Crippen LogP contribution in [0.2, 0.25) is 5.02 Å². The monoisotopic (exact) mass is 442 g/mol. The summed E-state index contributed by atoms with van der Waals surface area (Å²) < 4.78 is 4.06. The zero-order valence-electron chi connectivity index (χ0n) is 16.2. The Morgan fingerprint density at radius 1 is 1.14 bits per heavy atom. The third-order valence-corrected chi connectivity index (χ3v) is 6.54. The van der Waals surface area contributed by atoms with Crippen molar-refractivity contribution in [1.82, 2.24) is 8.97 Å². The number of carbonyl (C=O) groups excluding carboxylic acids is 1. The highest BCUT2D eigenvalue weighted by atomic mass is 35.5. The summed E-state index contributed by atoms with van der Waals surface area (Å²) in [6, 6.07) is 14.8. The number of carbonyl (C=O) groups is 1. The molecule has 2 aromatic heterocycles. The highest BCUT2D eigenvalue weighted by molar-refractivity contribution is 7.73. The van der Waals surface area contributed by atoms with E-state index in [9.17, 15) is 9.59 Å². The van der Waals surface area contributed by atoms with E-state index < -0.39 is 5.41 Å². The molecular weight excluding hydrogens is 424 g/mol. The minimum Gasteiger partial charge on any atom is -0.297 e. The highest BCUT2D eigenvalue weighted by Crippen LogP contribution is 2.34. The van der Waals surface area contributed by atoms with Crippen LogP contribution in [0.3, 0.4) is 0 Å². The molecule has 148 valence electrons. The molecule has 7 heteroatoms. The molecule has 0 aliphatic carbocycles. The predicted molar refractivity (Wildman–Crippen MR) is 123 cm³/mol. The molecule has 0 N–H and O–H groups in total. The second-order valence-corrected chi connectivity index (χ2v) is 10.0. The largest absolute Gasteiger partial charge is 0.297 e. The molecule has 2 aromatic carbocycles. The van der Waals surface area contributed by atoms with Crippen LogP contribution in [0.1, 0.15) is 20.8 Å². The minimum absolute atomic E-state index is 0.0181. The number of Topliss-reactive ketones (excluding diaryl/α,β-unsaturated/α-hetero) is 1. The van der Waals surface area contributed by atoms with Gasteiger partial charge in [-0.15, -0.1) is 11.3 Å². The van der Waals surface area contributed by atoms with Gasteiger partial charge in [-0.2, -0.15) is 0 Å². The first-order valence-corrected chi connectivity index (χ1v) is 10.7. The van der Waals surface area contributed by atoms with Gasteiger partial charge in [0.15, 0.2) is 9.74 Å². The van der Waals surface area contributed by atoms with Gasteiger partial charge in [-0.25, -0.2) is 0 Å². The first kappa shape index (κ1) is 20.0. The zero-order chi connectivity index (χ0) is 20.9. The quantitative estimate of drug-likeness (QED) is 0.366. The summed E-state index contributed by atoms with van der Waals surface area (Å²) in [4.78, 5) is 27.1. The van der Waals surface area contributed by atoms with Crippen molar-refractivity contribution in [3.8, 4) is 10.4 Å². The molecular formula is C22H19ClN2O2S2. The number of hydrogen-bond acceptors (Lipinski definition) is 4. The van der Waals surface area contributed by atoms with E-state index in [1.807, 2.05) is 61.6 Å². The lowest BCUT2D eigenvalue weighted by molar-refractivity contribution is -0.126. The van der Waals surface area contributed by atoms with Gasteiger partial charge in [-0.3, -0.25) is 18.6 Å². The molecule has 0 aliphatic rings. The molecule has 0 aliphatic heterocycles. The highest BCUT2D eigenvalue weighted by Gasteiger charge is 2.25. The van der Waals surface area contributed by atoms with Crippen LogP contribution in [-0.2, 0) is 11.3 Å². The van der Waals surface area contributed by atoms with E-state index in [-0.39, 0.29) is 17.9 Å². The van der Waals surface area contributed by atoms with E-state index in [1.54, 1.807) is 16.7 Å². The molecule has 4 nitrogen and oxygen atoms in total.